The smallest absolute Gasteiger partial charge is 0.273 e. The molecule has 0 unspecified atom stereocenters. The molecular weight excluding hydrogens is 324 g/mol. The molecule has 1 amide bonds. The maximum Gasteiger partial charge on any atom is 0.273 e. The lowest BCUT2D eigenvalue weighted by molar-refractivity contribution is 0.0821. The summed E-state index contributed by atoms with van der Waals surface area (Å²) in [6.07, 6.45) is 7.00. The molecule has 3 rings (SSSR count). The van der Waals surface area contributed by atoms with Crippen molar-refractivity contribution in [2.75, 3.05) is 14.1 Å². The number of hydrogen-bond acceptors (Lipinski definition) is 4. The van der Waals surface area contributed by atoms with Crippen LogP contribution in [0.5, 0.6) is 0 Å². The molecule has 0 N–H and O–H groups in total. The number of aromatic nitrogens is 5. The molecule has 3 heterocycles. The SMILES string of the molecule is CN(C)C(=O)c1ccn(-c2nc(Br)cn3ccnc23)n1. The lowest BCUT2D eigenvalue weighted by Gasteiger charge is -2.07. The van der Waals surface area contributed by atoms with Gasteiger partial charge in [-0.2, -0.15) is 5.10 Å². The Hall–Kier alpha value is -2.22. The van der Waals surface area contributed by atoms with E-state index in [0.29, 0.717) is 21.8 Å². The summed E-state index contributed by atoms with van der Waals surface area (Å²) in [6, 6.07) is 1.66. The van der Waals surface area contributed by atoms with E-state index < -0.39 is 0 Å². The summed E-state index contributed by atoms with van der Waals surface area (Å²) in [4.78, 5) is 22.0. The fourth-order valence-electron chi connectivity index (χ4n) is 1.82. The molecule has 0 saturated heterocycles. The van der Waals surface area contributed by atoms with Crippen LogP contribution in [0.4, 0.5) is 0 Å². The van der Waals surface area contributed by atoms with Crippen LogP contribution < -0.4 is 0 Å². The Kier molecular flexibility index (Phi) is 3.01. The third-order valence-electron chi connectivity index (χ3n) is 2.76. The number of carbonyl (C=O) groups excluding carboxylic acids is 1. The van der Waals surface area contributed by atoms with Crippen molar-refractivity contribution in [1.29, 1.82) is 0 Å². The van der Waals surface area contributed by atoms with Crippen molar-refractivity contribution in [3.8, 4) is 5.82 Å². The predicted octanol–water partition coefficient (Wildman–Crippen LogP) is 1.38. The maximum atomic E-state index is 11.9. The topological polar surface area (TPSA) is 68.3 Å². The van der Waals surface area contributed by atoms with E-state index in [1.807, 2.05) is 10.6 Å². The molecule has 0 radical (unpaired) electrons. The van der Waals surface area contributed by atoms with Gasteiger partial charge < -0.3 is 9.30 Å². The molecule has 3 aromatic rings. The van der Waals surface area contributed by atoms with Crippen LogP contribution in [0, 0.1) is 0 Å². The Balaban J connectivity index is 2.12. The Labute approximate surface area is 123 Å². The lowest BCUT2D eigenvalue weighted by Crippen LogP contribution is -2.22. The maximum absolute atomic E-state index is 11.9. The second-order valence-corrected chi connectivity index (χ2v) is 5.20. The standard InChI is InChI=1S/C12H11BrN6O/c1-17(2)12(20)8-3-5-19(16-8)11-10-14-4-6-18(10)7-9(13)15-11/h3-7H,1-2H3. The van der Waals surface area contributed by atoms with Crippen molar-refractivity contribution in [2.24, 2.45) is 0 Å². The van der Waals surface area contributed by atoms with Gasteiger partial charge in [0.2, 0.25) is 0 Å². The third kappa shape index (κ3) is 2.07. The molecule has 8 heteroatoms. The second kappa shape index (κ2) is 4.71. The van der Waals surface area contributed by atoms with Crippen LogP contribution in [0.15, 0.2) is 35.5 Å². The van der Waals surface area contributed by atoms with E-state index in [0.717, 1.165) is 0 Å². The van der Waals surface area contributed by atoms with Gasteiger partial charge in [0, 0.05) is 38.9 Å². The number of fused-ring (bicyclic) bond motifs is 1. The molecule has 0 bridgehead atoms. The number of carbonyl (C=O) groups is 1. The van der Waals surface area contributed by atoms with Crippen LogP contribution in [-0.2, 0) is 0 Å². The highest BCUT2D eigenvalue weighted by Crippen LogP contribution is 2.16. The molecule has 0 spiro atoms. The number of nitrogens with zero attached hydrogens (tertiary/aromatic N) is 6. The van der Waals surface area contributed by atoms with E-state index in [-0.39, 0.29) is 5.91 Å². The van der Waals surface area contributed by atoms with Crippen molar-refractivity contribution >= 4 is 27.5 Å². The molecular formula is C12H11BrN6O. The molecule has 0 aliphatic carbocycles. The van der Waals surface area contributed by atoms with Crippen LogP contribution in [0.2, 0.25) is 0 Å². The monoisotopic (exact) mass is 334 g/mol. The molecule has 0 aromatic carbocycles. The quantitative estimate of drug-likeness (QED) is 0.710. The Morgan fingerprint density at radius 3 is 2.90 bits per heavy atom. The zero-order valence-electron chi connectivity index (χ0n) is 10.9. The zero-order chi connectivity index (χ0) is 14.3. The predicted molar refractivity (Wildman–Crippen MR) is 75.8 cm³/mol. The first kappa shape index (κ1) is 12.8. The van der Waals surface area contributed by atoms with Gasteiger partial charge >= 0.3 is 0 Å². The summed E-state index contributed by atoms with van der Waals surface area (Å²) >= 11 is 3.35. The largest absolute Gasteiger partial charge is 0.343 e. The van der Waals surface area contributed by atoms with Gasteiger partial charge in [-0.1, -0.05) is 0 Å². The highest BCUT2D eigenvalue weighted by Gasteiger charge is 2.15. The molecule has 102 valence electrons. The molecule has 7 nitrogen and oxygen atoms in total. The van der Waals surface area contributed by atoms with Gasteiger partial charge in [0.1, 0.15) is 4.60 Å². The first-order valence-corrected chi connectivity index (χ1v) is 6.62. The van der Waals surface area contributed by atoms with E-state index in [1.54, 1.807) is 43.4 Å². The molecule has 0 aliphatic heterocycles. The molecule has 0 saturated carbocycles. The van der Waals surface area contributed by atoms with Crippen LogP contribution >= 0.6 is 15.9 Å². The summed E-state index contributed by atoms with van der Waals surface area (Å²) in [5.41, 5.74) is 1.03. The fourth-order valence-corrected chi connectivity index (χ4v) is 2.21. The second-order valence-electron chi connectivity index (χ2n) is 4.39. The summed E-state index contributed by atoms with van der Waals surface area (Å²) < 4.78 is 4.04. The average molecular weight is 335 g/mol. The normalized spacial score (nSPS) is 10.9. The van der Waals surface area contributed by atoms with E-state index in [2.05, 4.69) is 31.0 Å². The highest BCUT2D eigenvalue weighted by molar-refractivity contribution is 9.10. The van der Waals surface area contributed by atoms with Gasteiger partial charge in [0.15, 0.2) is 17.2 Å². The molecule has 0 fully saturated rings. The van der Waals surface area contributed by atoms with Gasteiger partial charge in [-0.25, -0.2) is 14.6 Å². The van der Waals surface area contributed by atoms with Crippen LogP contribution in [0.25, 0.3) is 11.5 Å². The van der Waals surface area contributed by atoms with Crippen LogP contribution in [0.1, 0.15) is 10.5 Å². The van der Waals surface area contributed by atoms with Crippen molar-refractivity contribution in [2.45, 2.75) is 0 Å². The fraction of sp³-hybridized carbons (Fsp3) is 0.167. The summed E-state index contributed by atoms with van der Waals surface area (Å²) in [6.45, 7) is 0. The van der Waals surface area contributed by atoms with Gasteiger partial charge in [0.05, 0.1) is 0 Å². The van der Waals surface area contributed by atoms with Crippen molar-refractivity contribution in [1.82, 2.24) is 29.0 Å². The van der Waals surface area contributed by atoms with Gasteiger partial charge in [0.25, 0.3) is 5.91 Å². The Bertz CT molecular complexity index is 790. The number of imidazole rings is 1. The van der Waals surface area contributed by atoms with Crippen molar-refractivity contribution < 1.29 is 4.79 Å². The number of rotatable bonds is 2. The molecule has 3 aromatic heterocycles. The molecule has 20 heavy (non-hydrogen) atoms. The number of amides is 1. The van der Waals surface area contributed by atoms with E-state index in [1.165, 1.54) is 4.90 Å². The number of hydrogen-bond donors (Lipinski definition) is 0. The van der Waals surface area contributed by atoms with Crippen molar-refractivity contribution in [3.63, 3.8) is 0 Å². The first-order valence-electron chi connectivity index (χ1n) is 5.83. The van der Waals surface area contributed by atoms with Crippen LogP contribution in [0.3, 0.4) is 0 Å². The van der Waals surface area contributed by atoms with E-state index in [4.69, 9.17) is 0 Å². The van der Waals surface area contributed by atoms with Gasteiger partial charge in [-0.15, -0.1) is 0 Å². The molecule has 0 aliphatic rings. The summed E-state index contributed by atoms with van der Waals surface area (Å²) in [5.74, 6) is 0.403. The highest BCUT2D eigenvalue weighted by atomic mass is 79.9. The third-order valence-corrected chi connectivity index (χ3v) is 3.14. The minimum absolute atomic E-state index is 0.155. The number of halogens is 1. The minimum atomic E-state index is -0.155. The zero-order valence-corrected chi connectivity index (χ0v) is 12.4. The van der Waals surface area contributed by atoms with Crippen molar-refractivity contribution in [3.05, 3.63) is 41.2 Å². The summed E-state index contributed by atoms with van der Waals surface area (Å²) in [5, 5.41) is 4.26. The van der Waals surface area contributed by atoms with E-state index in [9.17, 15) is 4.79 Å². The minimum Gasteiger partial charge on any atom is -0.343 e. The van der Waals surface area contributed by atoms with Crippen LogP contribution in [-0.4, -0.2) is 49.1 Å². The average Bonchev–Trinajstić information content (AvgIpc) is 3.05. The molecule has 0 atom stereocenters. The van der Waals surface area contributed by atoms with Gasteiger partial charge in [-0.3, -0.25) is 4.79 Å². The Morgan fingerprint density at radius 1 is 1.35 bits per heavy atom. The first-order chi connectivity index (χ1) is 9.56. The lowest BCUT2D eigenvalue weighted by atomic mass is 10.4. The van der Waals surface area contributed by atoms with Gasteiger partial charge in [-0.05, 0) is 22.0 Å². The summed E-state index contributed by atoms with van der Waals surface area (Å²) in [7, 11) is 3.37. The Morgan fingerprint density at radius 2 is 2.15 bits per heavy atom. The van der Waals surface area contributed by atoms with E-state index >= 15 is 0 Å².